The third kappa shape index (κ3) is 2.64. The molecular formula is C42H26. The van der Waals surface area contributed by atoms with Crippen LogP contribution in [0.4, 0.5) is 0 Å². The van der Waals surface area contributed by atoms with Crippen LogP contribution in [0, 0.1) is 13.8 Å². The first-order valence-corrected chi connectivity index (χ1v) is 14.9. The molecule has 0 N–H and O–H groups in total. The van der Waals surface area contributed by atoms with Crippen molar-refractivity contribution in [2.24, 2.45) is 0 Å². The van der Waals surface area contributed by atoms with Gasteiger partial charge in [0.1, 0.15) is 0 Å². The molecule has 0 bridgehead atoms. The molecule has 194 valence electrons. The molecule has 42 heavy (non-hydrogen) atoms. The molecule has 0 saturated heterocycles. The van der Waals surface area contributed by atoms with Gasteiger partial charge in [0.25, 0.3) is 0 Å². The van der Waals surface area contributed by atoms with Crippen LogP contribution in [-0.4, -0.2) is 0 Å². The van der Waals surface area contributed by atoms with E-state index in [2.05, 4.69) is 135 Å². The van der Waals surface area contributed by atoms with E-state index in [1.165, 1.54) is 108 Å². The second-order valence-electron chi connectivity index (χ2n) is 12.1. The van der Waals surface area contributed by atoms with E-state index in [4.69, 9.17) is 0 Å². The van der Waals surface area contributed by atoms with Crippen molar-refractivity contribution in [1.29, 1.82) is 0 Å². The molecule has 0 spiro atoms. The van der Waals surface area contributed by atoms with Crippen LogP contribution in [0.5, 0.6) is 0 Å². The van der Waals surface area contributed by atoms with Crippen LogP contribution in [0.2, 0.25) is 0 Å². The highest BCUT2D eigenvalue weighted by molar-refractivity contribution is 6.40. The van der Waals surface area contributed by atoms with Crippen LogP contribution in [-0.2, 0) is 0 Å². The maximum Gasteiger partial charge on any atom is -0.00135 e. The van der Waals surface area contributed by atoms with Crippen LogP contribution in [0.15, 0.2) is 121 Å². The third-order valence-electron chi connectivity index (χ3n) is 9.98. The highest BCUT2D eigenvalue weighted by atomic mass is 14.2. The van der Waals surface area contributed by atoms with Crippen molar-refractivity contribution in [2.75, 3.05) is 0 Å². The van der Waals surface area contributed by atoms with Gasteiger partial charge in [-0.15, -0.1) is 0 Å². The monoisotopic (exact) mass is 530 g/mol. The van der Waals surface area contributed by atoms with Crippen molar-refractivity contribution < 1.29 is 0 Å². The first-order valence-electron chi connectivity index (χ1n) is 14.9. The summed E-state index contributed by atoms with van der Waals surface area (Å²) in [6, 6.07) is 45.8. The molecule has 0 saturated carbocycles. The number of benzene rings is 8. The summed E-state index contributed by atoms with van der Waals surface area (Å²) in [5.74, 6) is 0. The van der Waals surface area contributed by atoms with E-state index < -0.39 is 0 Å². The second-order valence-corrected chi connectivity index (χ2v) is 12.1. The predicted molar refractivity (Wildman–Crippen MR) is 184 cm³/mol. The molecule has 0 aromatic heterocycles. The lowest BCUT2D eigenvalue weighted by Crippen LogP contribution is -1.92. The largest absolute Gasteiger partial charge is 0.0617 e. The summed E-state index contributed by atoms with van der Waals surface area (Å²) >= 11 is 0. The molecule has 0 fully saturated rings. The van der Waals surface area contributed by atoms with E-state index in [0.717, 1.165) is 0 Å². The lowest BCUT2D eigenvalue weighted by atomic mass is 9.86. The van der Waals surface area contributed by atoms with E-state index in [-0.39, 0.29) is 0 Å². The van der Waals surface area contributed by atoms with Gasteiger partial charge in [-0.1, -0.05) is 109 Å². The number of hydrogen-bond donors (Lipinski definition) is 0. The molecule has 10 aromatic carbocycles. The lowest BCUT2D eigenvalue weighted by Gasteiger charge is -2.17. The number of aryl methyl sites for hydroxylation is 2. The topological polar surface area (TPSA) is 0 Å². The molecule has 10 aromatic rings. The average Bonchev–Trinajstić information content (AvgIpc) is 3.52. The molecule has 0 aliphatic heterocycles. The lowest BCUT2D eigenvalue weighted by molar-refractivity contribution is 1.39. The second kappa shape index (κ2) is 7.75. The van der Waals surface area contributed by atoms with E-state index in [0.29, 0.717) is 0 Å². The zero-order chi connectivity index (χ0) is 27.7. The van der Waals surface area contributed by atoms with Crippen molar-refractivity contribution in [2.45, 2.75) is 13.8 Å². The SMILES string of the molecule is Cc1cccc(C)c1-c1c2ccc3c(cc4c5ccccc5c5cccc3c54)c2cc2c3cccc4cccc(c12)c43. The minimum Gasteiger partial charge on any atom is -0.0617 e. The summed E-state index contributed by atoms with van der Waals surface area (Å²) in [7, 11) is 0. The Morgan fingerprint density at radius 2 is 0.762 bits per heavy atom. The molecule has 0 heteroatoms. The summed E-state index contributed by atoms with van der Waals surface area (Å²) in [4.78, 5) is 0. The highest BCUT2D eigenvalue weighted by Crippen LogP contribution is 2.50. The zero-order valence-electron chi connectivity index (χ0n) is 23.5. The first kappa shape index (κ1) is 22.5. The average molecular weight is 531 g/mol. The van der Waals surface area contributed by atoms with Crippen LogP contribution in [0.25, 0.3) is 97.3 Å². The Morgan fingerprint density at radius 1 is 0.286 bits per heavy atom. The maximum absolute atomic E-state index is 2.50. The fraction of sp³-hybridized carbons (Fsp3) is 0.0476. The minimum absolute atomic E-state index is 1.31. The van der Waals surface area contributed by atoms with Gasteiger partial charge in [0.15, 0.2) is 0 Å². The third-order valence-corrected chi connectivity index (χ3v) is 9.98. The number of rotatable bonds is 1. The van der Waals surface area contributed by atoms with Crippen molar-refractivity contribution in [1.82, 2.24) is 0 Å². The van der Waals surface area contributed by atoms with Crippen molar-refractivity contribution in [3.05, 3.63) is 132 Å². The van der Waals surface area contributed by atoms with Crippen LogP contribution in [0.1, 0.15) is 11.1 Å². The Labute approximate surface area is 243 Å². The van der Waals surface area contributed by atoms with Gasteiger partial charge < -0.3 is 0 Å². The molecule has 0 nitrogen and oxygen atoms in total. The van der Waals surface area contributed by atoms with Gasteiger partial charge >= 0.3 is 0 Å². The Hall–Kier alpha value is -5.20. The highest BCUT2D eigenvalue weighted by Gasteiger charge is 2.22. The van der Waals surface area contributed by atoms with Crippen molar-refractivity contribution in [3.8, 4) is 11.1 Å². The molecule has 0 unspecified atom stereocenters. The Bertz CT molecular complexity index is 2720. The van der Waals surface area contributed by atoms with E-state index in [1.807, 2.05) is 0 Å². The summed E-state index contributed by atoms with van der Waals surface area (Å²) < 4.78 is 0. The van der Waals surface area contributed by atoms with Crippen molar-refractivity contribution in [3.63, 3.8) is 0 Å². The fourth-order valence-electron chi connectivity index (χ4n) is 8.29. The molecule has 0 aliphatic carbocycles. The summed E-state index contributed by atoms with van der Waals surface area (Å²) in [5.41, 5.74) is 5.38. The summed E-state index contributed by atoms with van der Waals surface area (Å²) in [6.45, 7) is 4.54. The Morgan fingerprint density at radius 3 is 1.48 bits per heavy atom. The fourth-order valence-corrected chi connectivity index (χ4v) is 8.29. The summed E-state index contributed by atoms with van der Waals surface area (Å²) in [5, 5.41) is 21.6. The van der Waals surface area contributed by atoms with Gasteiger partial charge in [-0.05, 0) is 134 Å². The van der Waals surface area contributed by atoms with E-state index in [1.54, 1.807) is 0 Å². The Kier molecular flexibility index (Phi) is 4.15. The molecule has 0 aliphatic rings. The Balaban J connectivity index is 1.52. The van der Waals surface area contributed by atoms with Crippen LogP contribution < -0.4 is 0 Å². The molecular weight excluding hydrogens is 504 g/mol. The van der Waals surface area contributed by atoms with Crippen LogP contribution >= 0.6 is 0 Å². The van der Waals surface area contributed by atoms with Gasteiger partial charge in [-0.25, -0.2) is 0 Å². The van der Waals surface area contributed by atoms with Gasteiger partial charge in [0.05, 0.1) is 0 Å². The van der Waals surface area contributed by atoms with E-state index >= 15 is 0 Å². The quantitative estimate of drug-likeness (QED) is 0.185. The van der Waals surface area contributed by atoms with Gasteiger partial charge in [-0.2, -0.15) is 0 Å². The van der Waals surface area contributed by atoms with Gasteiger partial charge in [0.2, 0.25) is 0 Å². The van der Waals surface area contributed by atoms with E-state index in [9.17, 15) is 0 Å². The first-order chi connectivity index (χ1) is 20.7. The summed E-state index contributed by atoms with van der Waals surface area (Å²) in [6.07, 6.45) is 0. The predicted octanol–water partition coefficient (Wildman–Crippen LogP) is 12.1. The standard InChI is InChI=1S/C42H26/c1-23-9-5-10-24(2)38(23)42-32-20-19-28-30-17-8-16-29-26-13-3-4-14-27(26)36(40(29)30)21-34(28)35(32)22-37-31-15-6-11-25-12-7-18-33(39(25)31)41(37)42/h3-22H,1-2H3. The molecule has 10 rings (SSSR count). The molecule has 0 radical (unpaired) electrons. The molecule has 0 amide bonds. The number of fused-ring (bicyclic) bond motifs is 10. The zero-order valence-corrected chi connectivity index (χ0v) is 23.5. The normalized spacial score (nSPS) is 12.5. The maximum atomic E-state index is 2.50. The van der Waals surface area contributed by atoms with Gasteiger partial charge in [0, 0.05) is 0 Å². The van der Waals surface area contributed by atoms with Gasteiger partial charge in [-0.3, -0.25) is 0 Å². The minimum atomic E-state index is 1.31. The molecule has 0 atom stereocenters. The smallest absolute Gasteiger partial charge is 0.00135 e. The van der Waals surface area contributed by atoms with Crippen molar-refractivity contribution >= 4 is 86.2 Å². The molecule has 0 heterocycles. The van der Waals surface area contributed by atoms with Crippen LogP contribution in [0.3, 0.4) is 0 Å². The number of hydrogen-bond acceptors (Lipinski definition) is 0.